The molecular weight excluding hydrogens is 256 g/mol. The second-order valence-electron chi connectivity index (χ2n) is 5.68. The smallest absolute Gasteiger partial charge is 0.235 e. The van der Waals surface area contributed by atoms with E-state index in [0.29, 0.717) is 10.9 Å². The van der Waals surface area contributed by atoms with Gasteiger partial charge in [0.25, 0.3) is 0 Å². The first-order valence-electron chi connectivity index (χ1n) is 7.61. The van der Waals surface area contributed by atoms with Crippen LogP contribution in [0.2, 0.25) is 0 Å². The van der Waals surface area contributed by atoms with Gasteiger partial charge < -0.3 is 10.6 Å². The average Bonchev–Trinajstić information content (AvgIpc) is 2.90. The maximum atomic E-state index is 12.9. The molecule has 0 atom stereocenters. The topological polar surface area (TPSA) is 46.3 Å². The molecule has 1 fully saturated rings. The Hall–Kier alpha value is -0.640. The standard InChI is InChI=1S/C15H28N2OS/c1-4-12(5-2)11-17(6-3)14(18)15(13(16)19)9-7-8-10-15/h12H,4-11H2,1-3H3,(H2,16,19). The summed E-state index contributed by atoms with van der Waals surface area (Å²) in [7, 11) is 0. The number of carbonyl (C=O) groups excluding carboxylic acids is 1. The minimum Gasteiger partial charge on any atom is -0.392 e. The van der Waals surface area contributed by atoms with Crippen molar-refractivity contribution in [2.75, 3.05) is 13.1 Å². The summed E-state index contributed by atoms with van der Waals surface area (Å²) in [6.45, 7) is 8.01. The summed E-state index contributed by atoms with van der Waals surface area (Å²) in [5.74, 6) is 0.751. The molecule has 2 N–H and O–H groups in total. The Bertz CT molecular complexity index is 320. The number of carbonyl (C=O) groups is 1. The number of rotatable bonds is 7. The van der Waals surface area contributed by atoms with Crippen LogP contribution < -0.4 is 5.73 Å². The molecule has 1 aliphatic rings. The van der Waals surface area contributed by atoms with E-state index in [9.17, 15) is 4.79 Å². The summed E-state index contributed by atoms with van der Waals surface area (Å²) in [5, 5.41) is 0. The van der Waals surface area contributed by atoms with Crippen molar-refractivity contribution in [1.29, 1.82) is 0 Å². The Morgan fingerprint density at radius 2 is 1.79 bits per heavy atom. The van der Waals surface area contributed by atoms with Crippen molar-refractivity contribution >= 4 is 23.1 Å². The van der Waals surface area contributed by atoms with Crippen molar-refractivity contribution < 1.29 is 4.79 Å². The summed E-state index contributed by atoms with van der Waals surface area (Å²) >= 11 is 5.21. The minimum absolute atomic E-state index is 0.173. The van der Waals surface area contributed by atoms with E-state index in [-0.39, 0.29) is 5.91 Å². The number of nitrogens with two attached hydrogens (primary N) is 1. The van der Waals surface area contributed by atoms with Crippen molar-refractivity contribution in [1.82, 2.24) is 4.90 Å². The maximum absolute atomic E-state index is 12.9. The molecule has 0 aromatic heterocycles. The summed E-state index contributed by atoms with van der Waals surface area (Å²) in [5.41, 5.74) is 5.36. The van der Waals surface area contributed by atoms with Crippen molar-refractivity contribution in [3.05, 3.63) is 0 Å². The van der Waals surface area contributed by atoms with Crippen LogP contribution in [0.3, 0.4) is 0 Å². The molecule has 0 saturated heterocycles. The van der Waals surface area contributed by atoms with Gasteiger partial charge in [-0.2, -0.15) is 0 Å². The molecule has 110 valence electrons. The van der Waals surface area contributed by atoms with Crippen LogP contribution in [-0.2, 0) is 4.79 Å². The fraction of sp³-hybridized carbons (Fsp3) is 0.867. The number of hydrogen-bond acceptors (Lipinski definition) is 2. The monoisotopic (exact) mass is 284 g/mol. The summed E-state index contributed by atoms with van der Waals surface area (Å²) in [4.78, 5) is 15.2. The van der Waals surface area contributed by atoms with Gasteiger partial charge in [-0.15, -0.1) is 0 Å². The third kappa shape index (κ3) is 3.47. The lowest BCUT2D eigenvalue weighted by atomic mass is 9.84. The molecule has 0 aliphatic heterocycles. The third-order valence-corrected chi connectivity index (χ3v) is 5.03. The highest BCUT2D eigenvalue weighted by atomic mass is 32.1. The number of amides is 1. The van der Waals surface area contributed by atoms with Gasteiger partial charge >= 0.3 is 0 Å². The highest BCUT2D eigenvalue weighted by Crippen LogP contribution is 2.40. The van der Waals surface area contributed by atoms with Crippen LogP contribution in [0.4, 0.5) is 0 Å². The molecule has 4 heteroatoms. The lowest BCUT2D eigenvalue weighted by molar-refractivity contribution is -0.138. The van der Waals surface area contributed by atoms with Gasteiger partial charge in [0.15, 0.2) is 0 Å². The molecule has 0 bridgehead atoms. The molecule has 1 rings (SSSR count). The highest BCUT2D eigenvalue weighted by Gasteiger charge is 2.45. The van der Waals surface area contributed by atoms with Crippen molar-refractivity contribution in [2.45, 2.75) is 59.3 Å². The van der Waals surface area contributed by atoms with E-state index in [2.05, 4.69) is 13.8 Å². The molecule has 19 heavy (non-hydrogen) atoms. The van der Waals surface area contributed by atoms with Crippen molar-refractivity contribution in [3.63, 3.8) is 0 Å². The molecule has 0 aromatic carbocycles. The van der Waals surface area contributed by atoms with E-state index in [1.165, 1.54) is 0 Å². The van der Waals surface area contributed by atoms with Gasteiger partial charge in [0.1, 0.15) is 0 Å². The van der Waals surface area contributed by atoms with Gasteiger partial charge in [-0.25, -0.2) is 0 Å². The molecule has 0 spiro atoms. The van der Waals surface area contributed by atoms with Gasteiger partial charge in [-0.3, -0.25) is 4.79 Å². The summed E-state index contributed by atoms with van der Waals surface area (Å²) < 4.78 is 0. The van der Waals surface area contributed by atoms with Crippen LogP contribution in [0, 0.1) is 11.3 Å². The molecule has 0 unspecified atom stereocenters. The predicted molar refractivity (Wildman–Crippen MR) is 84.0 cm³/mol. The fourth-order valence-electron chi connectivity index (χ4n) is 3.06. The van der Waals surface area contributed by atoms with Crippen LogP contribution in [0.5, 0.6) is 0 Å². The Morgan fingerprint density at radius 1 is 1.26 bits per heavy atom. The average molecular weight is 284 g/mol. The first kappa shape index (κ1) is 16.4. The van der Waals surface area contributed by atoms with Crippen LogP contribution in [-0.4, -0.2) is 28.9 Å². The largest absolute Gasteiger partial charge is 0.392 e. The zero-order valence-electron chi connectivity index (χ0n) is 12.6. The van der Waals surface area contributed by atoms with E-state index in [0.717, 1.165) is 51.6 Å². The second-order valence-corrected chi connectivity index (χ2v) is 6.12. The van der Waals surface area contributed by atoms with E-state index < -0.39 is 5.41 Å². The van der Waals surface area contributed by atoms with Gasteiger partial charge in [0.05, 0.1) is 10.4 Å². The van der Waals surface area contributed by atoms with E-state index >= 15 is 0 Å². The van der Waals surface area contributed by atoms with Crippen molar-refractivity contribution in [3.8, 4) is 0 Å². The molecule has 0 aromatic rings. The maximum Gasteiger partial charge on any atom is 0.235 e. The number of thiocarbonyl (C=S) groups is 1. The van der Waals surface area contributed by atoms with Crippen LogP contribution in [0.25, 0.3) is 0 Å². The quantitative estimate of drug-likeness (QED) is 0.731. The van der Waals surface area contributed by atoms with Gasteiger partial charge in [-0.1, -0.05) is 51.7 Å². The first-order chi connectivity index (χ1) is 9.01. The van der Waals surface area contributed by atoms with Crippen LogP contribution >= 0.6 is 12.2 Å². The third-order valence-electron chi connectivity index (χ3n) is 4.64. The fourth-order valence-corrected chi connectivity index (χ4v) is 3.35. The van der Waals surface area contributed by atoms with Crippen LogP contribution in [0.1, 0.15) is 59.3 Å². The lowest BCUT2D eigenvalue weighted by Crippen LogP contribution is -2.50. The SMILES string of the molecule is CCC(CC)CN(CC)C(=O)C1(C(N)=S)CCCC1. The Kier molecular flexibility index (Phi) is 6.24. The molecule has 1 aliphatic carbocycles. The van der Waals surface area contributed by atoms with Gasteiger partial charge in [0, 0.05) is 13.1 Å². The lowest BCUT2D eigenvalue weighted by Gasteiger charge is -2.34. The highest BCUT2D eigenvalue weighted by molar-refractivity contribution is 7.80. The Balaban J connectivity index is 2.84. The van der Waals surface area contributed by atoms with E-state index in [4.69, 9.17) is 18.0 Å². The Labute approximate surface area is 122 Å². The van der Waals surface area contributed by atoms with E-state index in [1.807, 2.05) is 11.8 Å². The second kappa shape index (κ2) is 7.22. The normalized spacial score (nSPS) is 17.7. The minimum atomic E-state index is -0.544. The number of nitrogens with zero attached hydrogens (tertiary/aromatic N) is 1. The summed E-state index contributed by atoms with van der Waals surface area (Å²) in [6, 6.07) is 0. The van der Waals surface area contributed by atoms with Crippen molar-refractivity contribution in [2.24, 2.45) is 17.1 Å². The van der Waals surface area contributed by atoms with Gasteiger partial charge in [-0.05, 0) is 25.7 Å². The molecule has 0 heterocycles. The molecule has 1 amide bonds. The summed E-state index contributed by atoms with van der Waals surface area (Å²) in [6.07, 6.45) is 6.01. The first-order valence-corrected chi connectivity index (χ1v) is 8.01. The predicted octanol–water partition coefficient (Wildman–Crippen LogP) is 3.12. The van der Waals surface area contributed by atoms with E-state index in [1.54, 1.807) is 0 Å². The zero-order chi connectivity index (χ0) is 14.5. The molecular formula is C15H28N2OS. The molecule has 1 saturated carbocycles. The number of hydrogen-bond donors (Lipinski definition) is 1. The Morgan fingerprint density at radius 3 is 2.16 bits per heavy atom. The zero-order valence-corrected chi connectivity index (χ0v) is 13.4. The molecule has 3 nitrogen and oxygen atoms in total. The molecule has 0 radical (unpaired) electrons. The van der Waals surface area contributed by atoms with Gasteiger partial charge in [0.2, 0.25) is 5.91 Å². The van der Waals surface area contributed by atoms with Crippen LogP contribution in [0.15, 0.2) is 0 Å².